The summed E-state index contributed by atoms with van der Waals surface area (Å²) >= 11 is 17.8. The van der Waals surface area contributed by atoms with Crippen LogP contribution < -0.4 is 20.7 Å². The highest BCUT2D eigenvalue weighted by Gasteiger charge is 2.51. The molecule has 2 aromatic carbocycles. The molecule has 2 aromatic rings. The average molecular weight is 621 g/mol. The van der Waals surface area contributed by atoms with Crippen molar-refractivity contribution < 1.29 is 32.7 Å². The molecule has 0 aliphatic carbocycles. The van der Waals surface area contributed by atoms with E-state index in [4.69, 9.17) is 39.5 Å². The Morgan fingerprint density at radius 3 is 2.08 bits per heavy atom. The van der Waals surface area contributed by atoms with E-state index in [0.717, 1.165) is 0 Å². The fourth-order valence-electron chi connectivity index (χ4n) is 3.51. The number of alkyl halides is 2. The van der Waals surface area contributed by atoms with E-state index in [2.05, 4.69) is 10.6 Å². The van der Waals surface area contributed by atoms with Crippen molar-refractivity contribution in [2.45, 2.75) is 51.6 Å². The monoisotopic (exact) mass is 619 g/mol. The number of hydrogen-bond donors (Lipinski definition) is 3. The third kappa shape index (κ3) is 9.91. The van der Waals surface area contributed by atoms with Gasteiger partial charge in [-0.3, -0.25) is 19.2 Å². The molecule has 0 aliphatic rings. The summed E-state index contributed by atoms with van der Waals surface area (Å²) in [6.07, 6.45) is 0.324. The summed E-state index contributed by atoms with van der Waals surface area (Å²) in [7, 11) is 0. The van der Waals surface area contributed by atoms with E-state index in [0.29, 0.717) is 17.0 Å². The van der Waals surface area contributed by atoms with Crippen LogP contribution in [0.15, 0.2) is 42.5 Å². The Morgan fingerprint density at radius 1 is 0.925 bits per heavy atom. The van der Waals surface area contributed by atoms with Crippen molar-refractivity contribution >= 4 is 58.3 Å². The first-order chi connectivity index (χ1) is 18.7. The number of carbonyl (C=O) groups is 4. The maximum atomic E-state index is 14.7. The van der Waals surface area contributed by atoms with Crippen molar-refractivity contribution in [2.24, 2.45) is 5.92 Å². The van der Waals surface area contributed by atoms with Crippen LogP contribution >= 0.6 is 34.8 Å². The number of halogens is 5. The Hall–Kier alpha value is -2.95. The quantitative estimate of drug-likeness (QED) is 0.267. The number of benzene rings is 2. The van der Waals surface area contributed by atoms with E-state index in [-0.39, 0.29) is 28.8 Å². The van der Waals surface area contributed by atoms with Crippen LogP contribution in [0.2, 0.25) is 15.1 Å². The summed E-state index contributed by atoms with van der Waals surface area (Å²) in [4.78, 5) is 50.7. The molecule has 0 saturated heterocycles. The second-order valence-electron chi connectivity index (χ2n) is 9.27. The molecule has 218 valence electrons. The molecule has 2 unspecified atom stereocenters. The van der Waals surface area contributed by atoms with E-state index < -0.39 is 54.0 Å². The summed E-state index contributed by atoms with van der Waals surface area (Å²) in [5.74, 6) is -10.1. The number of Topliss-reactive ketones (excluding diaryl/α,β-unsaturated/α-hetero) is 1. The van der Waals surface area contributed by atoms with Crippen LogP contribution in [0.5, 0.6) is 5.75 Å². The molecule has 3 amide bonds. The molecule has 0 heterocycles. The van der Waals surface area contributed by atoms with Crippen LogP contribution in [0.25, 0.3) is 0 Å². The van der Waals surface area contributed by atoms with Gasteiger partial charge in [0.15, 0.2) is 6.61 Å². The molecule has 0 saturated carbocycles. The van der Waals surface area contributed by atoms with Crippen LogP contribution in [0, 0.1) is 5.92 Å². The first-order valence-corrected chi connectivity index (χ1v) is 13.5. The normalized spacial score (nSPS) is 12.8. The van der Waals surface area contributed by atoms with Crippen LogP contribution in [0.4, 0.5) is 8.78 Å². The molecular weight excluding hydrogens is 591 g/mol. The predicted octanol–water partition coefficient (Wildman–Crippen LogP) is 4.62. The Balaban J connectivity index is 2.22. The van der Waals surface area contributed by atoms with Gasteiger partial charge in [0.05, 0.1) is 6.04 Å². The Morgan fingerprint density at radius 2 is 1.52 bits per heavy atom. The molecule has 2 rings (SSSR count). The second-order valence-corrected chi connectivity index (χ2v) is 10.6. The summed E-state index contributed by atoms with van der Waals surface area (Å²) in [6, 6.07) is 7.74. The minimum atomic E-state index is -4.38. The number of ether oxygens (including phenoxy) is 1. The number of hydrogen-bond acceptors (Lipinski definition) is 5. The summed E-state index contributed by atoms with van der Waals surface area (Å²) in [5.41, 5.74) is 0.587. The lowest BCUT2D eigenvalue weighted by atomic mass is 9.94. The fraction of sp³-hybridized carbons (Fsp3) is 0.407. The van der Waals surface area contributed by atoms with Crippen molar-refractivity contribution in [3.63, 3.8) is 0 Å². The van der Waals surface area contributed by atoms with Gasteiger partial charge < -0.3 is 20.7 Å². The molecule has 8 nitrogen and oxygen atoms in total. The summed E-state index contributed by atoms with van der Waals surface area (Å²) < 4.78 is 34.8. The highest BCUT2D eigenvalue weighted by atomic mass is 35.5. The van der Waals surface area contributed by atoms with Crippen molar-refractivity contribution in [1.29, 1.82) is 0 Å². The van der Waals surface area contributed by atoms with E-state index >= 15 is 0 Å². The van der Waals surface area contributed by atoms with Gasteiger partial charge in [0.1, 0.15) is 11.8 Å². The molecule has 0 spiro atoms. The van der Waals surface area contributed by atoms with Gasteiger partial charge in [0.25, 0.3) is 11.8 Å². The van der Waals surface area contributed by atoms with Crippen LogP contribution in [-0.4, -0.2) is 54.7 Å². The van der Waals surface area contributed by atoms with Gasteiger partial charge in [0, 0.05) is 28.0 Å². The van der Waals surface area contributed by atoms with Gasteiger partial charge in [0.2, 0.25) is 11.7 Å². The predicted molar refractivity (Wildman–Crippen MR) is 149 cm³/mol. The molecular formula is C27H30Cl3F2N3O5. The molecule has 40 heavy (non-hydrogen) atoms. The maximum absolute atomic E-state index is 14.7. The fourth-order valence-corrected chi connectivity index (χ4v) is 4.14. The molecule has 3 N–H and O–H groups in total. The first kappa shape index (κ1) is 33.3. The number of rotatable bonds is 14. The third-order valence-corrected chi connectivity index (χ3v) is 6.28. The van der Waals surface area contributed by atoms with Crippen LogP contribution in [0.1, 0.15) is 32.8 Å². The van der Waals surface area contributed by atoms with E-state index in [1.807, 2.05) is 5.32 Å². The second kappa shape index (κ2) is 15.2. The van der Waals surface area contributed by atoms with E-state index in [1.54, 1.807) is 31.2 Å². The zero-order valence-electron chi connectivity index (χ0n) is 22.0. The van der Waals surface area contributed by atoms with E-state index in [1.165, 1.54) is 32.0 Å². The molecule has 0 bridgehead atoms. The van der Waals surface area contributed by atoms with Crippen molar-refractivity contribution in [2.75, 3.05) is 13.2 Å². The first-order valence-electron chi connectivity index (χ1n) is 12.4. The Labute approximate surface area is 246 Å². The highest BCUT2D eigenvalue weighted by Crippen LogP contribution is 2.24. The van der Waals surface area contributed by atoms with Gasteiger partial charge in [-0.25, -0.2) is 0 Å². The lowest BCUT2D eigenvalue weighted by Gasteiger charge is -2.27. The Bertz CT molecular complexity index is 1190. The van der Waals surface area contributed by atoms with Crippen molar-refractivity contribution in [3.8, 4) is 5.75 Å². The minimum absolute atomic E-state index is 0.0426. The molecule has 2 atom stereocenters. The number of ketones is 1. The van der Waals surface area contributed by atoms with Gasteiger partial charge in [-0.1, -0.05) is 67.7 Å². The van der Waals surface area contributed by atoms with Gasteiger partial charge in [-0.2, -0.15) is 8.78 Å². The number of carbonyl (C=O) groups excluding carboxylic acids is 4. The average Bonchev–Trinajstić information content (AvgIpc) is 2.88. The van der Waals surface area contributed by atoms with Crippen LogP contribution in [0.3, 0.4) is 0 Å². The maximum Gasteiger partial charge on any atom is 0.383 e. The number of amides is 3. The lowest BCUT2D eigenvalue weighted by Crippen LogP contribution is -2.59. The SMILES string of the molecule is CCCNC(=O)C(F)(F)C(=O)C(NC(=O)C(Cc1ccc(Cl)cc1)NC(=O)COc1cc(Cl)cc(Cl)c1)C(C)C. The molecule has 0 aliphatic heterocycles. The van der Waals surface area contributed by atoms with Gasteiger partial charge in [-0.05, 0) is 48.2 Å². The summed E-state index contributed by atoms with van der Waals surface area (Å²) in [5, 5.41) is 7.80. The third-order valence-electron chi connectivity index (χ3n) is 5.59. The van der Waals surface area contributed by atoms with Gasteiger partial charge >= 0.3 is 5.92 Å². The highest BCUT2D eigenvalue weighted by molar-refractivity contribution is 6.34. The Kier molecular flexibility index (Phi) is 12.6. The molecule has 0 fully saturated rings. The minimum Gasteiger partial charge on any atom is -0.484 e. The van der Waals surface area contributed by atoms with Crippen molar-refractivity contribution in [1.82, 2.24) is 16.0 Å². The zero-order chi connectivity index (χ0) is 30.0. The van der Waals surface area contributed by atoms with Gasteiger partial charge in [-0.15, -0.1) is 0 Å². The standard InChI is InChI=1S/C27H30Cl3F2N3O5/c1-4-9-33-26(39)27(31,32)24(37)23(15(2)3)35-25(38)21(10-16-5-7-17(28)8-6-16)34-22(36)14-40-20-12-18(29)11-19(30)13-20/h5-8,11-13,15,21,23H,4,9-10,14H2,1-3H3,(H,33,39)(H,34,36)(H,35,38). The zero-order valence-corrected chi connectivity index (χ0v) is 24.3. The largest absolute Gasteiger partial charge is 0.484 e. The number of nitrogens with one attached hydrogen (secondary N) is 3. The van der Waals surface area contributed by atoms with E-state index in [9.17, 15) is 28.0 Å². The molecule has 0 aromatic heterocycles. The topological polar surface area (TPSA) is 114 Å². The van der Waals surface area contributed by atoms with Crippen LogP contribution in [-0.2, 0) is 25.6 Å². The molecule has 13 heteroatoms. The lowest BCUT2D eigenvalue weighted by molar-refractivity contribution is -0.161. The summed E-state index contributed by atoms with van der Waals surface area (Å²) in [6.45, 7) is 3.99. The smallest absolute Gasteiger partial charge is 0.383 e. The molecule has 0 radical (unpaired) electrons. The van der Waals surface area contributed by atoms with Crippen molar-refractivity contribution in [3.05, 3.63) is 63.1 Å².